The van der Waals surface area contributed by atoms with Gasteiger partial charge in [0.1, 0.15) is 4.87 Å². The van der Waals surface area contributed by atoms with Crippen molar-refractivity contribution in [1.82, 2.24) is 10.2 Å². The lowest BCUT2D eigenvalue weighted by atomic mass is 10.1. The summed E-state index contributed by atoms with van der Waals surface area (Å²) in [7, 11) is 0. The van der Waals surface area contributed by atoms with Crippen molar-refractivity contribution in [3.63, 3.8) is 0 Å². The minimum atomic E-state index is 0.145. The van der Waals surface area contributed by atoms with E-state index >= 15 is 0 Å². The SMILES string of the molecule is CC(=O)N1CCSC12CNC2. The number of carbonyl (C=O) groups is 1. The summed E-state index contributed by atoms with van der Waals surface area (Å²) in [5.41, 5.74) is 0. The van der Waals surface area contributed by atoms with Crippen LogP contribution in [0.1, 0.15) is 6.92 Å². The van der Waals surface area contributed by atoms with Crippen LogP contribution in [-0.4, -0.2) is 41.1 Å². The number of thioether (sulfide) groups is 1. The zero-order valence-corrected chi connectivity index (χ0v) is 7.41. The zero-order valence-electron chi connectivity index (χ0n) is 6.59. The maximum Gasteiger partial charge on any atom is 0.220 e. The lowest BCUT2D eigenvalue weighted by Crippen LogP contribution is -2.65. The van der Waals surface area contributed by atoms with E-state index in [1.54, 1.807) is 6.92 Å². The van der Waals surface area contributed by atoms with Crippen LogP contribution in [0.3, 0.4) is 0 Å². The molecule has 0 saturated carbocycles. The van der Waals surface area contributed by atoms with E-state index in [1.807, 2.05) is 16.7 Å². The average molecular weight is 172 g/mol. The molecule has 2 heterocycles. The third-order valence-electron chi connectivity index (χ3n) is 2.36. The standard InChI is InChI=1S/C7H12N2OS/c1-6(10)9-2-3-11-7(9)4-8-5-7/h8H,2-5H2,1H3. The van der Waals surface area contributed by atoms with Crippen molar-refractivity contribution in [2.45, 2.75) is 11.8 Å². The van der Waals surface area contributed by atoms with Crippen LogP contribution < -0.4 is 5.32 Å². The van der Waals surface area contributed by atoms with Gasteiger partial charge in [-0.3, -0.25) is 4.79 Å². The molecule has 0 aromatic carbocycles. The summed E-state index contributed by atoms with van der Waals surface area (Å²) in [5, 5.41) is 3.21. The van der Waals surface area contributed by atoms with Crippen molar-refractivity contribution >= 4 is 17.7 Å². The Labute approximate surface area is 70.5 Å². The summed E-state index contributed by atoms with van der Waals surface area (Å²) in [5.74, 6) is 1.32. The number of hydrogen-bond donors (Lipinski definition) is 1. The van der Waals surface area contributed by atoms with Crippen LogP contribution in [0.15, 0.2) is 0 Å². The molecule has 11 heavy (non-hydrogen) atoms. The van der Waals surface area contributed by atoms with Gasteiger partial charge in [0.15, 0.2) is 0 Å². The Balaban J connectivity index is 2.13. The summed E-state index contributed by atoms with van der Waals surface area (Å²) < 4.78 is 0. The maximum absolute atomic E-state index is 11.1. The van der Waals surface area contributed by atoms with Gasteiger partial charge in [0.2, 0.25) is 5.91 Å². The fourth-order valence-electron chi connectivity index (χ4n) is 1.68. The van der Waals surface area contributed by atoms with Gasteiger partial charge >= 0.3 is 0 Å². The molecule has 2 fully saturated rings. The highest BCUT2D eigenvalue weighted by atomic mass is 32.2. The van der Waals surface area contributed by atoms with E-state index in [9.17, 15) is 4.79 Å². The van der Waals surface area contributed by atoms with Gasteiger partial charge in [0, 0.05) is 32.3 Å². The lowest BCUT2D eigenvalue weighted by Gasteiger charge is -2.44. The predicted molar refractivity (Wildman–Crippen MR) is 45.4 cm³/mol. The molecule has 0 unspecified atom stereocenters. The Morgan fingerprint density at radius 3 is 2.73 bits per heavy atom. The molecule has 0 radical (unpaired) electrons. The minimum absolute atomic E-state index is 0.145. The highest BCUT2D eigenvalue weighted by molar-refractivity contribution is 8.01. The first-order valence-corrected chi connectivity index (χ1v) is 4.86. The third-order valence-corrected chi connectivity index (χ3v) is 3.79. The largest absolute Gasteiger partial charge is 0.325 e. The zero-order chi connectivity index (χ0) is 7.90. The predicted octanol–water partition coefficient (Wildman–Crippen LogP) is -0.119. The van der Waals surface area contributed by atoms with Crippen LogP contribution in [0.2, 0.25) is 0 Å². The average Bonchev–Trinajstić information content (AvgIpc) is 2.27. The van der Waals surface area contributed by atoms with E-state index in [0.29, 0.717) is 0 Å². The number of nitrogens with one attached hydrogen (secondary N) is 1. The summed E-state index contributed by atoms with van der Waals surface area (Å²) in [6.07, 6.45) is 0. The van der Waals surface area contributed by atoms with Gasteiger partial charge in [-0.05, 0) is 0 Å². The first-order valence-electron chi connectivity index (χ1n) is 3.87. The van der Waals surface area contributed by atoms with Crippen LogP contribution >= 0.6 is 11.8 Å². The second kappa shape index (κ2) is 2.38. The Morgan fingerprint density at radius 2 is 2.36 bits per heavy atom. The molecule has 0 aromatic heterocycles. The van der Waals surface area contributed by atoms with E-state index in [4.69, 9.17) is 0 Å². The normalized spacial score (nSPS) is 27.2. The Morgan fingerprint density at radius 1 is 1.64 bits per heavy atom. The van der Waals surface area contributed by atoms with Gasteiger partial charge in [-0.25, -0.2) is 0 Å². The molecule has 3 nitrogen and oxygen atoms in total. The van der Waals surface area contributed by atoms with Crippen molar-refractivity contribution in [2.24, 2.45) is 0 Å². The molecule has 2 aliphatic rings. The Kier molecular flexibility index (Phi) is 1.61. The molecule has 0 aliphatic carbocycles. The summed E-state index contributed by atoms with van der Waals surface area (Å²) >= 11 is 1.91. The van der Waals surface area contributed by atoms with Crippen molar-refractivity contribution in [1.29, 1.82) is 0 Å². The Hall–Kier alpha value is -0.220. The molecule has 0 bridgehead atoms. The summed E-state index contributed by atoms with van der Waals surface area (Å²) in [6, 6.07) is 0. The van der Waals surface area contributed by atoms with Crippen molar-refractivity contribution in [3.8, 4) is 0 Å². The van der Waals surface area contributed by atoms with Crippen molar-refractivity contribution in [2.75, 3.05) is 25.4 Å². The quantitative estimate of drug-likeness (QED) is 0.553. The van der Waals surface area contributed by atoms with Gasteiger partial charge in [-0.15, -0.1) is 11.8 Å². The van der Waals surface area contributed by atoms with E-state index < -0.39 is 0 Å². The minimum Gasteiger partial charge on any atom is -0.325 e. The number of hydrogen-bond acceptors (Lipinski definition) is 3. The van der Waals surface area contributed by atoms with Crippen LogP contribution in [0.25, 0.3) is 0 Å². The first kappa shape index (κ1) is 7.43. The molecule has 0 atom stereocenters. The number of rotatable bonds is 0. The number of amides is 1. The highest BCUT2D eigenvalue weighted by Crippen LogP contribution is 2.38. The molecule has 2 saturated heterocycles. The van der Waals surface area contributed by atoms with Crippen LogP contribution in [0, 0.1) is 0 Å². The third kappa shape index (κ3) is 0.964. The van der Waals surface area contributed by atoms with Gasteiger partial charge in [0.25, 0.3) is 0 Å². The van der Waals surface area contributed by atoms with Gasteiger partial charge < -0.3 is 10.2 Å². The summed E-state index contributed by atoms with van der Waals surface area (Å²) in [6.45, 7) is 4.53. The van der Waals surface area contributed by atoms with Gasteiger partial charge in [0.05, 0.1) is 0 Å². The molecule has 0 aromatic rings. The Bertz CT molecular complexity index is 191. The maximum atomic E-state index is 11.1. The van der Waals surface area contributed by atoms with Gasteiger partial charge in [-0.1, -0.05) is 0 Å². The number of nitrogens with zero attached hydrogens (tertiary/aromatic N) is 1. The van der Waals surface area contributed by atoms with Crippen molar-refractivity contribution < 1.29 is 4.79 Å². The molecule has 1 N–H and O–H groups in total. The second-order valence-electron chi connectivity index (χ2n) is 3.07. The molecular weight excluding hydrogens is 160 g/mol. The van der Waals surface area contributed by atoms with E-state index in [0.717, 1.165) is 25.4 Å². The molecule has 2 aliphatic heterocycles. The molecule has 4 heteroatoms. The van der Waals surface area contributed by atoms with E-state index in [-0.39, 0.29) is 10.8 Å². The topological polar surface area (TPSA) is 32.3 Å². The first-order chi connectivity index (χ1) is 5.25. The molecule has 1 spiro atoms. The van der Waals surface area contributed by atoms with E-state index in [1.165, 1.54) is 0 Å². The highest BCUT2D eigenvalue weighted by Gasteiger charge is 2.47. The molecular formula is C7H12N2OS. The second-order valence-corrected chi connectivity index (χ2v) is 4.53. The van der Waals surface area contributed by atoms with Crippen LogP contribution in [-0.2, 0) is 4.79 Å². The van der Waals surface area contributed by atoms with Crippen molar-refractivity contribution in [3.05, 3.63) is 0 Å². The smallest absolute Gasteiger partial charge is 0.220 e. The fourth-order valence-corrected chi connectivity index (χ4v) is 3.12. The van der Waals surface area contributed by atoms with E-state index in [2.05, 4.69) is 5.32 Å². The van der Waals surface area contributed by atoms with Crippen LogP contribution in [0.5, 0.6) is 0 Å². The number of carbonyl (C=O) groups excluding carboxylic acids is 1. The van der Waals surface area contributed by atoms with Gasteiger partial charge in [-0.2, -0.15) is 0 Å². The van der Waals surface area contributed by atoms with Crippen LogP contribution in [0.4, 0.5) is 0 Å². The molecule has 62 valence electrons. The summed E-state index contributed by atoms with van der Waals surface area (Å²) in [4.78, 5) is 13.3. The molecule has 1 amide bonds. The molecule has 2 rings (SSSR count). The lowest BCUT2D eigenvalue weighted by molar-refractivity contribution is -0.132. The fraction of sp³-hybridized carbons (Fsp3) is 0.857. The monoisotopic (exact) mass is 172 g/mol.